The van der Waals surface area contributed by atoms with Crippen molar-refractivity contribution >= 4 is 47.9 Å². The van der Waals surface area contributed by atoms with Gasteiger partial charge in [0.1, 0.15) is 0 Å². The molecule has 0 saturated heterocycles. The fraction of sp³-hybridized carbons (Fsp3) is 0.0968. The molecule has 0 N–H and O–H groups in total. The molecule has 7 aromatic rings. The van der Waals surface area contributed by atoms with Gasteiger partial charge in [-0.25, -0.2) is 0 Å². The van der Waals surface area contributed by atoms with Crippen molar-refractivity contribution in [3.8, 4) is 22.5 Å². The predicted octanol–water partition coefficient (Wildman–Crippen LogP) is 8.71. The third-order valence-electron chi connectivity index (χ3n) is 6.92. The first-order valence-corrected chi connectivity index (χ1v) is 12.8. The second-order valence-corrected chi connectivity index (χ2v) is 10.4. The van der Waals surface area contributed by atoms with Crippen LogP contribution in [-0.2, 0) is 0 Å². The lowest BCUT2D eigenvalue weighted by Crippen LogP contribution is -1.97. The molecule has 0 aliphatic rings. The third kappa shape index (κ3) is 3.10. The van der Waals surface area contributed by atoms with Gasteiger partial charge in [-0.2, -0.15) is 0 Å². The Balaban J connectivity index is 1.37. The molecule has 0 aliphatic heterocycles. The number of aromatic nitrogens is 3. The lowest BCUT2D eigenvalue weighted by atomic mass is 9.98. The molecule has 0 fully saturated rings. The molecule has 4 aromatic carbocycles. The van der Waals surface area contributed by atoms with Gasteiger partial charge in [0.2, 0.25) is 0 Å². The second kappa shape index (κ2) is 7.76. The van der Waals surface area contributed by atoms with Gasteiger partial charge < -0.3 is 0 Å². The van der Waals surface area contributed by atoms with Gasteiger partial charge in [-0.3, -0.25) is 4.40 Å². The summed E-state index contributed by atoms with van der Waals surface area (Å²) in [5.74, 6) is 1.28. The SMILES string of the molecule is CC(C)c1cn2c(-c3ccc(-c4cccc5c4sc4ccccc45)cc3)nnc2c2ccccc12. The molecule has 3 nitrogen and oxygen atoms in total. The molecule has 0 aliphatic carbocycles. The Morgan fingerprint density at radius 1 is 0.657 bits per heavy atom. The Labute approximate surface area is 207 Å². The average molecular weight is 470 g/mol. The molecular weight excluding hydrogens is 446 g/mol. The highest BCUT2D eigenvalue weighted by Crippen LogP contribution is 2.40. The van der Waals surface area contributed by atoms with Crippen LogP contribution in [0.1, 0.15) is 25.3 Å². The molecular formula is C31H23N3S. The maximum absolute atomic E-state index is 4.61. The minimum Gasteiger partial charge on any atom is -0.282 e. The van der Waals surface area contributed by atoms with Crippen molar-refractivity contribution in [1.82, 2.24) is 14.6 Å². The summed E-state index contributed by atoms with van der Waals surface area (Å²) in [6.07, 6.45) is 2.21. The highest BCUT2D eigenvalue weighted by atomic mass is 32.1. The van der Waals surface area contributed by atoms with Crippen LogP contribution in [0.15, 0.2) is 97.2 Å². The van der Waals surface area contributed by atoms with E-state index in [-0.39, 0.29) is 0 Å². The first kappa shape index (κ1) is 20.4. The Kier molecular flexibility index (Phi) is 4.51. The van der Waals surface area contributed by atoms with Gasteiger partial charge in [-0.15, -0.1) is 21.5 Å². The predicted molar refractivity (Wildman–Crippen MR) is 148 cm³/mol. The fourth-order valence-corrected chi connectivity index (χ4v) is 6.40. The van der Waals surface area contributed by atoms with E-state index < -0.39 is 0 Å². The smallest absolute Gasteiger partial charge is 0.168 e. The van der Waals surface area contributed by atoms with E-state index in [1.165, 1.54) is 42.2 Å². The summed E-state index contributed by atoms with van der Waals surface area (Å²) >= 11 is 1.87. The summed E-state index contributed by atoms with van der Waals surface area (Å²) in [5, 5.41) is 14.2. The van der Waals surface area contributed by atoms with Crippen LogP contribution in [0, 0.1) is 0 Å². The van der Waals surface area contributed by atoms with Crippen molar-refractivity contribution in [2.75, 3.05) is 0 Å². The normalized spacial score (nSPS) is 12.0. The summed E-state index contributed by atoms with van der Waals surface area (Å²) in [6.45, 7) is 4.47. The number of thiophene rings is 1. The molecule has 0 amide bonds. The molecule has 0 saturated carbocycles. The van der Waals surface area contributed by atoms with Crippen LogP contribution in [0.5, 0.6) is 0 Å². The summed E-state index contributed by atoms with van der Waals surface area (Å²) in [5.41, 5.74) is 5.76. The molecule has 0 atom stereocenters. The highest BCUT2D eigenvalue weighted by molar-refractivity contribution is 7.26. The van der Waals surface area contributed by atoms with E-state index in [0.29, 0.717) is 5.92 Å². The second-order valence-electron chi connectivity index (χ2n) is 9.36. The van der Waals surface area contributed by atoms with Gasteiger partial charge in [-0.1, -0.05) is 98.8 Å². The molecule has 0 spiro atoms. The molecule has 168 valence electrons. The van der Waals surface area contributed by atoms with Gasteiger partial charge in [0.05, 0.1) is 0 Å². The first-order chi connectivity index (χ1) is 17.2. The summed E-state index contributed by atoms with van der Waals surface area (Å²) in [7, 11) is 0. The molecule has 0 unspecified atom stereocenters. The van der Waals surface area contributed by atoms with Crippen molar-refractivity contribution in [3.63, 3.8) is 0 Å². The zero-order valence-corrected chi connectivity index (χ0v) is 20.4. The molecule has 3 heterocycles. The minimum atomic E-state index is 0.406. The number of pyridine rings is 1. The summed E-state index contributed by atoms with van der Waals surface area (Å²) in [4.78, 5) is 0. The van der Waals surface area contributed by atoms with Crippen LogP contribution in [0.3, 0.4) is 0 Å². The third-order valence-corrected chi connectivity index (χ3v) is 8.14. The zero-order valence-electron chi connectivity index (χ0n) is 19.6. The van der Waals surface area contributed by atoms with Crippen molar-refractivity contribution in [2.24, 2.45) is 0 Å². The largest absolute Gasteiger partial charge is 0.282 e. The van der Waals surface area contributed by atoms with Crippen molar-refractivity contribution in [2.45, 2.75) is 19.8 Å². The molecule has 3 aromatic heterocycles. The highest BCUT2D eigenvalue weighted by Gasteiger charge is 2.16. The van der Waals surface area contributed by atoms with E-state index in [1.807, 2.05) is 11.3 Å². The number of nitrogens with zero attached hydrogens (tertiary/aromatic N) is 3. The van der Waals surface area contributed by atoms with E-state index in [1.54, 1.807) is 0 Å². The average Bonchev–Trinajstić information content (AvgIpc) is 3.50. The van der Waals surface area contributed by atoms with Gasteiger partial charge in [0.25, 0.3) is 0 Å². The lowest BCUT2D eigenvalue weighted by molar-refractivity contribution is 0.865. The van der Waals surface area contributed by atoms with Crippen LogP contribution in [0.2, 0.25) is 0 Å². The topological polar surface area (TPSA) is 30.2 Å². The van der Waals surface area contributed by atoms with E-state index in [4.69, 9.17) is 0 Å². The fourth-order valence-electron chi connectivity index (χ4n) is 5.17. The maximum Gasteiger partial charge on any atom is 0.168 e. The monoisotopic (exact) mass is 469 g/mol. The molecule has 4 heteroatoms. The Morgan fingerprint density at radius 3 is 2.14 bits per heavy atom. The summed E-state index contributed by atoms with van der Waals surface area (Å²) in [6, 6.07) is 32.5. The van der Waals surface area contributed by atoms with Crippen LogP contribution < -0.4 is 0 Å². The van der Waals surface area contributed by atoms with Gasteiger partial charge >= 0.3 is 0 Å². The van der Waals surface area contributed by atoms with Crippen molar-refractivity contribution in [3.05, 3.63) is 103 Å². The van der Waals surface area contributed by atoms with E-state index in [2.05, 4.69) is 126 Å². The lowest BCUT2D eigenvalue weighted by Gasteiger charge is -2.12. The molecule has 0 bridgehead atoms. The van der Waals surface area contributed by atoms with Crippen LogP contribution in [0.4, 0.5) is 0 Å². The quantitative estimate of drug-likeness (QED) is 0.259. The Hall–Kier alpha value is -4.02. The van der Waals surface area contributed by atoms with E-state index >= 15 is 0 Å². The summed E-state index contributed by atoms with van der Waals surface area (Å²) < 4.78 is 4.82. The number of hydrogen-bond donors (Lipinski definition) is 0. The Morgan fingerprint density at radius 2 is 1.34 bits per heavy atom. The minimum absolute atomic E-state index is 0.406. The van der Waals surface area contributed by atoms with Crippen LogP contribution >= 0.6 is 11.3 Å². The number of rotatable bonds is 3. The Bertz CT molecular complexity index is 1870. The zero-order chi connectivity index (χ0) is 23.5. The van der Waals surface area contributed by atoms with Crippen LogP contribution in [0.25, 0.3) is 59.1 Å². The van der Waals surface area contributed by atoms with Gasteiger partial charge in [0.15, 0.2) is 11.5 Å². The maximum atomic E-state index is 4.61. The van der Waals surface area contributed by atoms with Gasteiger partial charge in [0, 0.05) is 37.3 Å². The van der Waals surface area contributed by atoms with E-state index in [9.17, 15) is 0 Å². The van der Waals surface area contributed by atoms with Crippen molar-refractivity contribution in [1.29, 1.82) is 0 Å². The number of benzene rings is 4. The molecule has 0 radical (unpaired) electrons. The molecule has 7 rings (SSSR count). The number of hydrogen-bond acceptors (Lipinski definition) is 3. The van der Waals surface area contributed by atoms with E-state index in [0.717, 1.165) is 22.4 Å². The van der Waals surface area contributed by atoms with Crippen molar-refractivity contribution < 1.29 is 0 Å². The first-order valence-electron chi connectivity index (χ1n) is 12.0. The standard InChI is InChI=1S/C31H23N3S/c1-19(2)27-18-34-30(32-33-31(34)26-10-4-3-8-23(26)27)21-16-14-20(15-17-21)22-11-7-12-25-24-9-5-6-13-28(24)35-29(22)25/h3-19H,1-2H3. The van der Waals surface area contributed by atoms with Crippen LogP contribution in [-0.4, -0.2) is 14.6 Å². The van der Waals surface area contributed by atoms with Gasteiger partial charge in [-0.05, 0) is 34.1 Å². The molecule has 35 heavy (non-hydrogen) atoms. The number of fused-ring (bicyclic) bond motifs is 6.